The number of hydrogen-bond acceptors (Lipinski definition) is 2. The van der Waals surface area contributed by atoms with Crippen molar-refractivity contribution in [1.29, 1.82) is 0 Å². The maximum Gasteiger partial charge on any atom is 0.146 e. The molecule has 0 saturated heterocycles. The first-order valence-electron chi connectivity index (χ1n) is 7.03. The van der Waals surface area contributed by atoms with Crippen LogP contribution in [0.15, 0.2) is 36.4 Å². The van der Waals surface area contributed by atoms with Gasteiger partial charge in [-0.05, 0) is 61.3 Å². The van der Waals surface area contributed by atoms with Gasteiger partial charge in [-0.25, -0.2) is 4.39 Å². The molecule has 0 saturated carbocycles. The zero-order chi connectivity index (χ0) is 15.2. The minimum atomic E-state index is -0.245. The predicted octanol–water partition coefficient (Wildman–Crippen LogP) is 5.08. The Balaban J connectivity index is 2.08. The fourth-order valence-corrected chi connectivity index (χ4v) is 2.20. The Morgan fingerprint density at radius 2 is 2.00 bits per heavy atom. The Bertz CT molecular complexity index is 616. The largest absolute Gasteiger partial charge is 0.456 e. The van der Waals surface area contributed by atoms with Crippen LogP contribution < -0.4 is 10.1 Å². The molecule has 0 unspecified atom stereocenters. The second kappa shape index (κ2) is 7.43. The van der Waals surface area contributed by atoms with Crippen LogP contribution in [-0.4, -0.2) is 6.54 Å². The summed E-state index contributed by atoms with van der Waals surface area (Å²) in [5.41, 5.74) is 1.65. The van der Waals surface area contributed by atoms with Gasteiger partial charge < -0.3 is 10.1 Å². The lowest BCUT2D eigenvalue weighted by molar-refractivity contribution is 0.479. The van der Waals surface area contributed by atoms with Crippen molar-refractivity contribution in [2.24, 2.45) is 0 Å². The minimum absolute atomic E-state index is 0.245. The number of halogens is 2. The zero-order valence-electron chi connectivity index (χ0n) is 12.2. The van der Waals surface area contributed by atoms with E-state index in [1.165, 1.54) is 6.07 Å². The van der Waals surface area contributed by atoms with Crippen LogP contribution in [0.5, 0.6) is 11.5 Å². The topological polar surface area (TPSA) is 21.3 Å². The third-order valence-corrected chi connectivity index (χ3v) is 3.40. The predicted molar refractivity (Wildman–Crippen MR) is 84.7 cm³/mol. The van der Waals surface area contributed by atoms with Crippen molar-refractivity contribution < 1.29 is 9.13 Å². The summed E-state index contributed by atoms with van der Waals surface area (Å²) in [5, 5.41) is 3.87. The highest BCUT2D eigenvalue weighted by molar-refractivity contribution is 6.32. The van der Waals surface area contributed by atoms with Gasteiger partial charge in [0.25, 0.3) is 0 Å². The maximum absolute atomic E-state index is 13.2. The first-order chi connectivity index (χ1) is 10.1. The lowest BCUT2D eigenvalue weighted by Gasteiger charge is -2.10. The molecular weight excluding hydrogens is 289 g/mol. The standard InChI is InChI=1S/C17H19ClFNO/c1-3-8-20-11-13-4-7-17(15(18)10-13)21-14-5-6-16(19)12(2)9-14/h4-7,9-10,20H,3,8,11H2,1-2H3. The second-order valence-corrected chi connectivity index (χ2v) is 5.36. The maximum atomic E-state index is 13.2. The van der Waals surface area contributed by atoms with Crippen LogP contribution in [-0.2, 0) is 6.54 Å². The third kappa shape index (κ3) is 4.45. The fraction of sp³-hybridized carbons (Fsp3) is 0.294. The molecule has 0 fully saturated rings. The van der Waals surface area contributed by atoms with E-state index in [4.69, 9.17) is 16.3 Å². The number of ether oxygens (including phenoxy) is 1. The van der Waals surface area contributed by atoms with E-state index in [1.54, 1.807) is 19.1 Å². The summed E-state index contributed by atoms with van der Waals surface area (Å²) in [6.07, 6.45) is 1.10. The van der Waals surface area contributed by atoms with Crippen LogP contribution in [0.25, 0.3) is 0 Å². The van der Waals surface area contributed by atoms with Crippen molar-refractivity contribution in [3.05, 3.63) is 58.4 Å². The van der Waals surface area contributed by atoms with Crippen molar-refractivity contribution in [2.75, 3.05) is 6.54 Å². The quantitative estimate of drug-likeness (QED) is 0.751. The van der Waals surface area contributed by atoms with Crippen LogP contribution >= 0.6 is 11.6 Å². The molecule has 0 aliphatic heterocycles. The molecule has 0 spiro atoms. The molecule has 0 bridgehead atoms. The van der Waals surface area contributed by atoms with Crippen molar-refractivity contribution in [3.63, 3.8) is 0 Å². The number of aryl methyl sites for hydroxylation is 1. The summed E-state index contributed by atoms with van der Waals surface area (Å²) >= 11 is 6.24. The van der Waals surface area contributed by atoms with E-state index < -0.39 is 0 Å². The summed E-state index contributed by atoms with van der Waals surface area (Å²) in [6, 6.07) is 10.3. The molecule has 21 heavy (non-hydrogen) atoms. The van der Waals surface area contributed by atoms with Gasteiger partial charge in [-0.15, -0.1) is 0 Å². The molecule has 2 aromatic carbocycles. The summed E-state index contributed by atoms with van der Waals surface area (Å²) in [6.45, 7) is 5.59. The highest BCUT2D eigenvalue weighted by Gasteiger charge is 2.06. The molecule has 112 valence electrons. The second-order valence-electron chi connectivity index (χ2n) is 4.95. The molecule has 2 nitrogen and oxygen atoms in total. The van der Waals surface area contributed by atoms with Gasteiger partial charge >= 0.3 is 0 Å². The molecule has 4 heteroatoms. The molecular formula is C17H19ClFNO. The lowest BCUT2D eigenvalue weighted by atomic mass is 10.2. The first-order valence-corrected chi connectivity index (χ1v) is 7.41. The third-order valence-electron chi connectivity index (χ3n) is 3.11. The monoisotopic (exact) mass is 307 g/mol. The molecule has 1 N–H and O–H groups in total. The van der Waals surface area contributed by atoms with Crippen molar-refractivity contribution >= 4 is 11.6 Å². The normalized spacial score (nSPS) is 10.7. The lowest BCUT2D eigenvalue weighted by Crippen LogP contribution is -2.13. The van der Waals surface area contributed by atoms with E-state index in [0.717, 1.165) is 25.1 Å². The van der Waals surface area contributed by atoms with E-state index in [1.807, 2.05) is 18.2 Å². The van der Waals surface area contributed by atoms with Crippen LogP contribution in [0.2, 0.25) is 5.02 Å². The van der Waals surface area contributed by atoms with Gasteiger partial charge in [-0.2, -0.15) is 0 Å². The van der Waals surface area contributed by atoms with Crippen LogP contribution in [0.1, 0.15) is 24.5 Å². The smallest absolute Gasteiger partial charge is 0.146 e. The highest BCUT2D eigenvalue weighted by Crippen LogP contribution is 2.30. The molecule has 0 aliphatic carbocycles. The molecule has 0 amide bonds. The first kappa shape index (κ1) is 15.8. The van der Waals surface area contributed by atoms with Crippen molar-refractivity contribution in [1.82, 2.24) is 5.32 Å². The molecule has 0 aliphatic rings. The zero-order valence-corrected chi connectivity index (χ0v) is 13.0. The van der Waals surface area contributed by atoms with E-state index in [2.05, 4.69) is 12.2 Å². The summed E-state index contributed by atoms with van der Waals surface area (Å²) in [4.78, 5) is 0. The van der Waals surface area contributed by atoms with Gasteiger partial charge in [0.15, 0.2) is 0 Å². The Labute approximate surface area is 129 Å². The van der Waals surface area contributed by atoms with Gasteiger partial charge in [-0.3, -0.25) is 0 Å². The van der Waals surface area contributed by atoms with Gasteiger partial charge in [0.2, 0.25) is 0 Å². The van der Waals surface area contributed by atoms with Crippen molar-refractivity contribution in [3.8, 4) is 11.5 Å². The van der Waals surface area contributed by atoms with Gasteiger partial charge in [0.05, 0.1) is 5.02 Å². The average molecular weight is 308 g/mol. The van der Waals surface area contributed by atoms with Gasteiger partial charge in [0, 0.05) is 6.54 Å². The Kier molecular flexibility index (Phi) is 5.59. The number of rotatable bonds is 6. The summed E-state index contributed by atoms with van der Waals surface area (Å²) in [7, 11) is 0. The summed E-state index contributed by atoms with van der Waals surface area (Å²) < 4.78 is 18.9. The van der Waals surface area contributed by atoms with Crippen molar-refractivity contribution in [2.45, 2.75) is 26.8 Å². The van der Waals surface area contributed by atoms with E-state index in [9.17, 15) is 4.39 Å². The molecule has 0 heterocycles. The Hall–Kier alpha value is -1.58. The van der Waals surface area contributed by atoms with Crippen LogP contribution in [0.3, 0.4) is 0 Å². The minimum Gasteiger partial charge on any atom is -0.456 e. The Morgan fingerprint density at radius 1 is 1.19 bits per heavy atom. The molecule has 0 aromatic heterocycles. The molecule has 0 atom stereocenters. The van der Waals surface area contributed by atoms with Crippen LogP contribution in [0, 0.1) is 12.7 Å². The fourth-order valence-electron chi connectivity index (χ4n) is 1.95. The molecule has 0 radical (unpaired) electrons. The van der Waals surface area contributed by atoms with E-state index in [-0.39, 0.29) is 5.82 Å². The number of hydrogen-bond donors (Lipinski definition) is 1. The van der Waals surface area contributed by atoms with Gasteiger partial charge in [-0.1, -0.05) is 24.6 Å². The summed E-state index contributed by atoms with van der Waals surface area (Å²) in [5.74, 6) is 0.903. The number of benzene rings is 2. The molecule has 2 rings (SSSR count). The average Bonchev–Trinajstić information content (AvgIpc) is 2.46. The van der Waals surface area contributed by atoms with Gasteiger partial charge in [0.1, 0.15) is 17.3 Å². The SMILES string of the molecule is CCCNCc1ccc(Oc2ccc(F)c(C)c2)c(Cl)c1. The van der Waals surface area contributed by atoms with E-state index >= 15 is 0 Å². The van der Waals surface area contributed by atoms with Crippen LogP contribution in [0.4, 0.5) is 4.39 Å². The number of nitrogens with one attached hydrogen (secondary N) is 1. The molecule has 2 aromatic rings. The Morgan fingerprint density at radius 3 is 2.67 bits per heavy atom. The highest BCUT2D eigenvalue weighted by atomic mass is 35.5. The van der Waals surface area contributed by atoms with E-state index in [0.29, 0.717) is 22.1 Å².